The number of hydrogen-bond acceptors (Lipinski definition) is 10. The number of nitrogen functional groups attached to an aromatic ring is 1. The van der Waals surface area contributed by atoms with Crippen LogP contribution >= 0.6 is 0 Å². The molecule has 0 amide bonds. The summed E-state index contributed by atoms with van der Waals surface area (Å²) in [6, 6.07) is 11.6. The van der Waals surface area contributed by atoms with Crippen molar-refractivity contribution < 1.29 is 4.42 Å². The number of nitrogens with two attached hydrogens (primary N) is 1. The molecule has 0 spiro atoms. The van der Waals surface area contributed by atoms with Gasteiger partial charge in [0.05, 0.1) is 12.8 Å². The van der Waals surface area contributed by atoms with Crippen LogP contribution in [0.2, 0.25) is 0 Å². The number of anilines is 2. The zero-order chi connectivity index (χ0) is 21.9. The van der Waals surface area contributed by atoms with Crippen LogP contribution in [0.3, 0.4) is 0 Å². The molecule has 162 valence electrons. The molecule has 5 aromatic rings. The summed E-state index contributed by atoms with van der Waals surface area (Å²) < 4.78 is 6.71. The molecule has 12 nitrogen and oxygen atoms in total. The monoisotopic (exact) mass is 431 g/mol. The lowest BCUT2D eigenvalue weighted by atomic mass is 10.1. The number of nitrogens with zero attached hydrogens (tertiary/aromatic N) is 9. The Morgan fingerprint density at radius 2 is 1.91 bits per heavy atom. The number of benzene rings is 1. The molecule has 0 fully saturated rings. The van der Waals surface area contributed by atoms with Crippen molar-refractivity contribution in [3.8, 4) is 23.0 Å². The van der Waals surface area contributed by atoms with Crippen LogP contribution in [-0.4, -0.2) is 51.3 Å². The second-order valence-corrected chi connectivity index (χ2v) is 7.11. The van der Waals surface area contributed by atoms with E-state index in [-0.39, 0.29) is 5.95 Å². The predicted molar refractivity (Wildman–Crippen MR) is 116 cm³/mol. The first kappa shape index (κ1) is 19.6. The number of aryl methyl sites for hydroxylation is 1. The van der Waals surface area contributed by atoms with E-state index in [1.54, 1.807) is 23.2 Å². The summed E-state index contributed by atoms with van der Waals surface area (Å²) in [6.07, 6.45) is 3.29. The number of fused-ring (bicyclic) bond motifs is 1. The van der Waals surface area contributed by atoms with Crippen molar-refractivity contribution >= 4 is 17.7 Å². The van der Waals surface area contributed by atoms with Crippen molar-refractivity contribution in [3.63, 3.8) is 0 Å². The molecule has 4 heterocycles. The van der Waals surface area contributed by atoms with Crippen LogP contribution in [0.25, 0.3) is 28.8 Å². The Hall–Kier alpha value is -4.35. The highest BCUT2D eigenvalue weighted by Gasteiger charge is 2.13. The summed E-state index contributed by atoms with van der Waals surface area (Å²) in [4.78, 5) is 14.6. The van der Waals surface area contributed by atoms with E-state index in [9.17, 15) is 0 Å². The van der Waals surface area contributed by atoms with Crippen molar-refractivity contribution in [1.29, 1.82) is 0 Å². The Morgan fingerprint density at radius 1 is 1.03 bits per heavy atom. The van der Waals surface area contributed by atoms with Gasteiger partial charge in [0.1, 0.15) is 0 Å². The maximum atomic E-state index is 6.02. The first-order valence-electron chi connectivity index (χ1n) is 10.2. The molecule has 1 aromatic carbocycles. The highest BCUT2D eigenvalue weighted by molar-refractivity contribution is 5.54. The standard InChI is InChI=1S/C20H21N11O/c1-2-11-30-27-16(26-29-30)14-7-5-13(6-8-14)9-10-22-19-24-18(21)31-20(25-19)23-17(28-31)15-4-3-12-32-15/h3-8,12H,2,9-11H2,1H3,(H3,21,22,23,24,25,28). The molecule has 4 aromatic heterocycles. The molecule has 0 bridgehead atoms. The van der Waals surface area contributed by atoms with Crippen LogP contribution in [-0.2, 0) is 13.0 Å². The zero-order valence-corrected chi connectivity index (χ0v) is 17.4. The number of aromatic nitrogens is 9. The molecular weight excluding hydrogens is 410 g/mol. The second kappa shape index (κ2) is 8.41. The molecule has 12 heteroatoms. The Bertz CT molecular complexity index is 1320. The molecule has 0 atom stereocenters. The lowest BCUT2D eigenvalue weighted by Gasteiger charge is -2.06. The number of rotatable bonds is 8. The molecule has 0 unspecified atom stereocenters. The molecule has 0 saturated carbocycles. The largest absolute Gasteiger partial charge is 0.461 e. The van der Waals surface area contributed by atoms with Crippen LogP contribution in [0.1, 0.15) is 18.9 Å². The summed E-state index contributed by atoms with van der Waals surface area (Å²) in [6.45, 7) is 3.46. The van der Waals surface area contributed by atoms with Crippen LogP contribution in [0, 0.1) is 0 Å². The van der Waals surface area contributed by atoms with Crippen LogP contribution < -0.4 is 11.1 Å². The number of furan rings is 1. The Morgan fingerprint density at radius 3 is 2.69 bits per heavy atom. The van der Waals surface area contributed by atoms with Crippen molar-refractivity contribution in [2.75, 3.05) is 17.6 Å². The quantitative estimate of drug-likeness (QED) is 0.373. The molecule has 3 N–H and O–H groups in total. The second-order valence-electron chi connectivity index (χ2n) is 7.11. The number of tetrazole rings is 1. The first-order valence-corrected chi connectivity index (χ1v) is 10.2. The van der Waals surface area contributed by atoms with Gasteiger partial charge in [0, 0.05) is 12.1 Å². The minimum absolute atomic E-state index is 0.191. The van der Waals surface area contributed by atoms with Gasteiger partial charge < -0.3 is 15.5 Å². The summed E-state index contributed by atoms with van der Waals surface area (Å²) in [5.74, 6) is 2.49. The fourth-order valence-corrected chi connectivity index (χ4v) is 3.19. The van der Waals surface area contributed by atoms with E-state index in [2.05, 4.69) is 47.7 Å². The lowest BCUT2D eigenvalue weighted by Crippen LogP contribution is -2.12. The normalized spacial score (nSPS) is 11.3. The van der Waals surface area contributed by atoms with E-state index in [0.29, 0.717) is 35.7 Å². The molecule has 5 rings (SSSR count). The minimum atomic E-state index is 0.191. The van der Waals surface area contributed by atoms with Gasteiger partial charge in [-0.1, -0.05) is 31.2 Å². The summed E-state index contributed by atoms with van der Waals surface area (Å²) in [7, 11) is 0. The summed E-state index contributed by atoms with van der Waals surface area (Å²) >= 11 is 0. The van der Waals surface area contributed by atoms with Gasteiger partial charge in [-0.2, -0.15) is 24.3 Å². The fourth-order valence-electron chi connectivity index (χ4n) is 3.19. The minimum Gasteiger partial charge on any atom is -0.461 e. The maximum Gasteiger partial charge on any atom is 0.259 e. The number of hydrogen-bond donors (Lipinski definition) is 2. The van der Waals surface area contributed by atoms with Crippen molar-refractivity contribution in [2.24, 2.45) is 0 Å². The van der Waals surface area contributed by atoms with Gasteiger partial charge in [-0.3, -0.25) is 0 Å². The van der Waals surface area contributed by atoms with Crippen LogP contribution in [0.15, 0.2) is 47.1 Å². The van der Waals surface area contributed by atoms with E-state index in [1.807, 2.05) is 24.3 Å². The maximum absolute atomic E-state index is 6.02. The van der Waals surface area contributed by atoms with Crippen molar-refractivity contribution in [1.82, 2.24) is 44.8 Å². The van der Waals surface area contributed by atoms with Gasteiger partial charge in [-0.25, -0.2) is 0 Å². The van der Waals surface area contributed by atoms with Gasteiger partial charge in [-0.05, 0) is 35.8 Å². The topological polar surface area (TPSA) is 151 Å². The van der Waals surface area contributed by atoms with Crippen molar-refractivity contribution in [3.05, 3.63) is 48.2 Å². The van der Waals surface area contributed by atoms with Gasteiger partial charge in [0.25, 0.3) is 5.78 Å². The Balaban J connectivity index is 1.23. The van der Waals surface area contributed by atoms with Gasteiger partial charge in [-0.15, -0.1) is 15.3 Å². The van der Waals surface area contributed by atoms with E-state index in [4.69, 9.17) is 10.2 Å². The van der Waals surface area contributed by atoms with Crippen LogP contribution in [0.5, 0.6) is 0 Å². The van der Waals surface area contributed by atoms with E-state index >= 15 is 0 Å². The average molecular weight is 431 g/mol. The van der Waals surface area contributed by atoms with E-state index < -0.39 is 0 Å². The third-order valence-corrected chi connectivity index (χ3v) is 4.76. The molecule has 32 heavy (non-hydrogen) atoms. The molecule has 0 saturated heterocycles. The third-order valence-electron chi connectivity index (χ3n) is 4.76. The van der Waals surface area contributed by atoms with Gasteiger partial charge >= 0.3 is 0 Å². The zero-order valence-electron chi connectivity index (χ0n) is 17.4. The average Bonchev–Trinajstić information content (AvgIpc) is 3.55. The lowest BCUT2D eigenvalue weighted by molar-refractivity contribution is 0.515. The SMILES string of the molecule is CCCn1nnc(-c2ccc(CCNc3nc(N)n4nc(-c5ccco5)nc4n3)cc2)n1. The van der Waals surface area contributed by atoms with Crippen molar-refractivity contribution in [2.45, 2.75) is 26.3 Å². The van der Waals surface area contributed by atoms with Gasteiger partial charge in [0.2, 0.25) is 23.5 Å². The molecule has 0 radical (unpaired) electrons. The smallest absolute Gasteiger partial charge is 0.259 e. The molecule has 0 aliphatic heterocycles. The summed E-state index contributed by atoms with van der Waals surface area (Å²) in [5.41, 5.74) is 8.11. The molecular formula is C20H21N11O. The Labute approximate surface area is 182 Å². The summed E-state index contributed by atoms with van der Waals surface area (Å²) in [5, 5.41) is 20.0. The molecule has 0 aliphatic rings. The predicted octanol–water partition coefficient (Wildman–Crippen LogP) is 2.08. The fraction of sp³-hybridized carbons (Fsp3) is 0.250. The van der Waals surface area contributed by atoms with E-state index in [0.717, 1.165) is 30.5 Å². The third kappa shape index (κ3) is 3.97. The van der Waals surface area contributed by atoms with E-state index in [1.165, 1.54) is 4.52 Å². The Kier molecular flexibility index (Phi) is 5.15. The molecule has 0 aliphatic carbocycles. The number of nitrogens with one attached hydrogen (secondary N) is 1. The van der Waals surface area contributed by atoms with Gasteiger partial charge in [0.15, 0.2) is 5.76 Å². The van der Waals surface area contributed by atoms with Crippen LogP contribution in [0.4, 0.5) is 11.9 Å². The highest BCUT2D eigenvalue weighted by Crippen LogP contribution is 2.18. The highest BCUT2D eigenvalue weighted by atomic mass is 16.3. The first-order chi connectivity index (χ1) is 15.7.